The summed E-state index contributed by atoms with van der Waals surface area (Å²) in [5.74, 6) is -1.60. The van der Waals surface area contributed by atoms with Crippen LogP contribution in [0.25, 0.3) is 0 Å². The van der Waals surface area contributed by atoms with E-state index in [1.54, 1.807) is 19.1 Å². The highest BCUT2D eigenvalue weighted by Gasteiger charge is 2.33. The van der Waals surface area contributed by atoms with Crippen LogP contribution in [-0.2, 0) is 26.3 Å². The smallest absolute Gasteiger partial charge is 0.304 e. The summed E-state index contributed by atoms with van der Waals surface area (Å²) >= 11 is 12.3. The van der Waals surface area contributed by atoms with Crippen molar-refractivity contribution in [2.45, 2.75) is 45.8 Å². The summed E-state index contributed by atoms with van der Waals surface area (Å²) in [6.07, 6.45) is 0.689. The van der Waals surface area contributed by atoms with Crippen LogP contribution in [0.4, 0.5) is 10.1 Å². The van der Waals surface area contributed by atoms with Gasteiger partial charge in [0, 0.05) is 36.7 Å². The first-order chi connectivity index (χ1) is 16.8. The molecule has 1 N–H and O–H groups in total. The van der Waals surface area contributed by atoms with E-state index in [0.717, 1.165) is 20.7 Å². The van der Waals surface area contributed by atoms with E-state index in [2.05, 4.69) is 5.32 Å². The molecular formula is C24H31Cl2FN4O4S. The first-order valence-electron chi connectivity index (χ1n) is 11.3. The molecule has 0 fully saturated rings. The Hall–Kier alpha value is -2.40. The van der Waals surface area contributed by atoms with Gasteiger partial charge < -0.3 is 10.2 Å². The number of benzene rings is 2. The summed E-state index contributed by atoms with van der Waals surface area (Å²) in [7, 11) is -1.49. The van der Waals surface area contributed by atoms with Gasteiger partial charge in [0.15, 0.2) is 0 Å². The second kappa shape index (κ2) is 12.7. The van der Waals surface area contributed by atoms with Gasteiger partial charge in [0.25, 0.3) is 0 Å². The second-order valence-corrected chi connectivity index (χ2v) is 11.4. The summed E-state index contributed by atoms with van der Waals surface area (Å²) < 4.78 is 41.5. The molecule has 0 saturated carbocycles. The Morgan fingerprint density at radius 3 is 2.19 bits per heavy atom. The van der Waals surface area contributed by atoms with E-state index >= 15 is 0 Å². The molecule has 2 rings (SSSR count). The molecule has 0 heterocycles. The Bertz CT molecular complexity index is 1180. The topological polar surface area (TPSA) is 90.0 Å². The Morgan fingerprint density at radius 1 is 1.06 bits per heavy atom. The largest absolute Gasteiger partial charge is 0.352 e. The van der Waals surface area contributed by atoms with Crippen LogP contribution in [0.5, 0.6) is 0 Å². The normalized spacial score (nSPS) is 13.2. The minimum absolute atomic E-state index is 0.0663. The van der Waals surface area contributed by atoms with Crippen molar-refractivity contribution < 1.29 is 22.4 Å². The Balaban J connectivity index is 2.48. The third-order valence-corrected chi connectivity index (χ3v) is 8.06. The lowest BCUT2D eigenvalue weighted by Gasteiger charge is -2.33. The summed E-state index contributed by atoms with van der Waals surface area (Å²) in [5.41, 5.74) is 0.626. The van der Waals surface area contributed by atoms with Crippen LogP contribution in [0.15, 0.2) is 42.5 Å². The number of nitrogens with one attached hydrogen (secondary N) is 1. The molecule has 36 heavy (non-hydrogen) atoms. The first-order valence-corrected chi connectivity index (χ1v) is 13.4. The minimum Gasteiger partial charge on any atom is -0.352 e. The third kappa shape index (κ3) is 7.55. The fraction of sp³-hybridized carbons (Fsp3) is 0.417. The maximum atomic E-state index is 13.6. The summed E-state index contributed by atoms with van der Waals surface area (Å²) in [6.45, 7) is 4.62. The maximum absolute atomic E-state index is 13.6. The summed E-state index contributed by atoms with van der Waals surface area (Å²) in [5, 5.41) is 3.55. The van der Waals surface area contributed by atoms with E-state index in [-0.39, 0.29) is 18.3 Å². The minimum atomic E-state index is -4.14. The zero-order valence-electron chi connectivity index (χ0n) is 20.8. The van der Waals surface area contributed by atoms with Gasteiger partial charge >= 0.3 is 10.2 Å². The molecule has 2 amide bonds. The molecule has 2 aromatic rings. The van der Waals surface area contributed by atoms with E-state index < -0.39 is 40.4 Å². The van der Waals surface area contributed by atoms with E-state index in [0.29, 0.717) is 22.0 Å². The van der Waals surface area contributed by atoms with Crippen molar-refractivity contribution in [1.29, 1.82) is 0 Å². The molecule has 0 aromatic heterocycles. The molecule has 12 heteroatoms. The molecule has 198 valence electrons. The van der Waals surface area contributed by atoms with E-state index in [9.17, 15) is 22.4 Å². The summed E-state index contributed by atoms with van der Waals surface area (Å²) in [4.78, 5) is 27.8. The predicted molar refractivity (Wildman–Crippen MR) is 141 cm³/mol. The van der Waals surface area contributed by atoms with Gasteiger partial charge in [-0.15, -0.1) is 0 Å². The molecule has 2 atom stereocenters. The van der Waals surface area contributed by atoms with Crippen molar-refractivity contribution in [3.05, 3.63) is 63.9 Å². The SMILES string of the molecule is CC[C@H](C)NC(=O)[C@H](C)N(Cc1ccc(Cl)cc1Cl)C(=O)CN(c1ccc(F)cc1)S(=O)(=O)N(C)C. The number of nitrogens with zero attached hydrogens (tertiary/aromatic N) is 3. The van der Waals surface area contributed by atoms with E-state index in [1.165, 1.54) is 37.2 Å². The van der Waals surface area contributed by atoms with Gasteiger partial charge in [0.1, 0.15) is 18.4 Å². The number of amides is 2. The molecule has 0 aliphatic rings. The van der Waals surface area contributed by atoms with Gasteiger partial charge in [-0.05, 0) is 62.2 Å². The third-order valence-electron chi connectivity index (χ3n) is 5.66. The molecule has 0 saturated heterocycles. The van der Waals surface area contributed by atoms with Crippen molar-refractivity contribution in [2.24, 2.45) is 0 Å². The molecule has 0 aliphatic heterocycles. The molecule has 0 aliphatic carbocycles. The van der Waals surface area contributed by atoms with E-state index in [4.69, 9.17) is 23.2 Å². The number of halogens is 3. The highest BCUT2D eigenvalue weighted by Crippen LogP contribution is 2.25. The molecule has 8 nitrogen and oxygen atoms in total. The zero-order valence-corrected chi connectivity index (χ0v) is 23.2. The van der Waals surface area contributed by atoms with Crippen LogP contribution < -0.4 is 9.62 Å². The average Bonchev–Trinajstić information content (AvgIpc) is 2.81. The van der Waals surface area contributed by atoms with Crippen LogP contribution in [0.2, 0.25) is 10.0 Å². The first kappa shape index (κ1) is 29.8. The maximum Gasteiger partial charge on any atom is 0.304 e. The number of anilines is 1. The van der Waals surface area contributed by atoms with Crippen molar-refractivity contribution in [3.63, 3.8) is 0 Å². The van der Waals surface area contributed by atoms with Crippen molar-refractivity contribution in [2.75, 3.05) is 24.9 Å². The van der Waals surface area contributed by atoms with Gasteiger partial charge in [0.2, 0.25) is 11.8 Å². The Morgan fingerprint density at radius 2 is 1.67 bits per heavy atom. The number of rotatable bonds is 11. The number of carbonyl (C=O) groups is 2. The van der Waals surface area contributed by atoms with Gasteiger partial charge in [-0.25, -0.2) is 8.70 Å². The van der Waals surface area contributed by atoms with Crippen LogP contribution in [0, 0.1) is 5.82 Å². The van der Waals surface area contributed by atoms with Gasteiger partial charge in [-0.1, -0.05) is 36.2 Å². The van der Waals surface area contributed by atoms with Crippen molar-refractivity contribution >= 4 is 50.9 Å². The highest BCUT2D eigenvalue weighted by molar-refractivity contribution is 7.90. The van der Waals surface area contributed by atoms with Gasteiger partial charge in [-0.3, -0.25) is 9.59 Å². The second-order valence-electron chi connectivity index (χ2n) is 8.52. The van der Waals surface area contributed by atoms with Crippen LogP contribution in [0.1, 0.15) is 32.8 Å². The van der Waals surface area contributed by atoms with E-state index in [1.807, 2.05) is 13.8 Å². The lowest BCUT2D eigenvalue weighted by Crippen LogP contribution is -2.53. The fourth-order valence-electron chi connectivity index (χ4n) is 3.21. The standard InChI is InChI=1S/C24H31Cl2FN4O4S/c1-6-16(2)28-24(33)17(3)30(14-18-7-8-19(25)13-22(18)26)23(32)15-31(36(34,35)29(4)5)21-11-9-20(27)10-12-21/h7-13,16-17H,6,14-15H2,1-5H3,(H,28,33)/t16-,17-/m0/s1. The van der Waals surface area contributed by atoms with Gasteiger partial charge in [0.05, 0.1) is 5.69 Å². The van der Waals surface area contributed by atoms with Crippen LogP contribution >= 0.6 is 23.2 Å². The monoisotopic (exact) mass is 560 g/mol. The highest BCUT2D eigenvalue weighted by atomic mass is 35.5. The Kier molecular flexibility index (Phi) is 10.5. The average molecular weight is 562 g/mol. The molecule has 0 spiro atoms. The van der Waals surface area contributed by atoms with Crippen LogP contribution in [0.3, 0.4) is 0 Å². The zero-order chi connectivity index (χ0) is 27.2. The molecule has 0 unspecified atom stereocenters. The molecule has 2 aromatic carbocycles. The van der Waals surface area contributed by atoms with Crippen molar-refractivity contribution in [3.8, 4) is 0 Å². The fourth-order valence-corrected chi connectivity index (χ4v) is 4.73. The number of carbonyl (C=O) groups excluding carboxylic acids is 2. The number of hydrogen-bond acceptors (Lipinski definition) is 4. The predicted octanol–water partition coefficient (Wildman–Crippen LogP) is 4.08. The summed E-state index contributed by atoms with van der Waals surface area (Å²) in [6, 6.07) is 8.43. The lowest BCUT2D eigenvalue weighted by atomic mass is 10.1. The quantitative estimate of drug-likeness (QED) is 0.448. The molecular weight excluding hydrogens is 530 g/mol. The van der Waals surface area contributed by atoms with Gasteiger partial charge in [-0.2, -0.15) is 12.7 Å². The number of hydrogen-bond donors (Lipinski definition) is 1. The van der Waals surface area contributed by atoms with Crippen LogP contribution in [-0.4, -0.2) is 62.2 Å². The Labute approximate surface area is 222 Å². The van der Waals surface area contributed by atoms with Crippen molar-refractivity contribution in [1.82, 2.24) is 14.5 Å². The lowest BCUT2D eigenvalue weighted by molar-refractivity contribution is -0.139. The molecule has 0 radical (unpaired) electrons. The molecule has 0 bridgehead atoms.